The van der Waals surface area contributed by atoms with Crippen LogP contribution in [0.1, 0.15) is 24.2 Å². The second kappa shape index (κ2) is 13.2. The number of ether oxygens (including phenoxy) is 1. The maximum Gasteiger partial charge on any atom is 0.157 e. The molecule has 0 aliphatic carbocycles. The number of aromatic nitrogens is 4. The number of fused-ring (bicyclic) bond motifs is 2. The van der Waals surface area contributed by atoms with E-state index in [4.69, 9.17) is 19.7 Å². The van der Waals surface area contributed by atoms with E-state index in [0.29, 0.717) is 25.6 Å². The highest BCUT2D eigenvalue weighted by Crippen LogP contribution is 2.32. The van der Waals surface area contributed by atoms with Gasteiger partial charge in [0.05, 0.1) is 34.8 Å². The summed E-state index contributed by atoms with van der Waals surface area (Å²) in [6.45, 7) is 5.79. The van der Waals surface area contributed by atoms with Gasteiger partial charge in [-0.2, -0.15) is 0 Å². The van der Waals surface area contributed by atoms with Gasteiger partial charge in [0.15, 0.2) is 5.82 Å². The second-order valence-electron chi connectivity index (χ2n) is 12.0. The SMILES string of the molecule is CN(C)CCNc1cc(F)cc(-c2cccc3[nH]c(C4=NCNc5cnc(-c6cncc(OCCN7CCCC7)c6)cc54)nc23)c1. The summed E-state index contributed by atoms with van der Waals surface area (Å²) >= 11 is 0. The first kappa shape index (κ1) is 29.8. The summed E-state index contributed by atoms with van der Waals surface area (Å²) < 4.78 is 20.8. The van der Waals surface area contributed by atoms with Crippen LogP contribution in [-0.2, 0) is 0 Å². The second-order valence-corrected chi connectivity index (χ2v) is 12.0. The van der Waals surface area contributed by atoms with Crippen LogP contribution in [0.2, 0.25) is 0 Å². The van der Waals surface area contributed by atoms with E-state index in [-0.39, 0.29) is 5.82 Å². The zero-order valence-electron chi connectivity index (χ0n) is 26.2. The Morgan fingerprint density at radius 1 is 1.00 bits per heavy atom. The van der Waals surface area contributed by atoms with E-state index >= 15 is 0 Å². The number of nitrogens with zero attached hydrogens (tertiary/aromatic N) is 6. The number of anilines is 2. The number of hydrogen-bond donors (Lipinski definition) is 3. The van der Waals surface area contributed by atoms with Crippen molar-refractivity contribution in [1.82, 2.24) is 29.7 Å². The Morgan fingerprint density at radius 2 is 1.89 bits per heavy atom. The molecule has 3 aromatic heterocycles. The first-order valence-electron chi connectivity index (χ1n) is 15.8. The number of nitrogens with one attached hydrogen (secondary N) is 3. The predicted molar refractivity (Wildman–Crippen MR) is 181 cm³/mol. The Hall–Kier alpha value is -4.87. The molecular weight excluding hydrogens is 581 g/mol. The topological polar surface area (TPSA) is 107 Å². The molecule has 0 saturated carbocycles. The molecule has 5 aromatic rings. The number of H-pyrrole nitrogens is 1. The van der Waals surface area contributed by atoms with E-state index < -0.39 is 0 Å². The zero-order valence-corrected chi connectivity index (χ0v) is 26.2. The van der Waals surface area contributed by atoms with Crippen LogP contribution >= 0.6 is 0 Å². The third kappa shape index (κ3) is 6.56. The minimum Gasteiger partial charge on any atom is -0.491 e. The fourth-order valence-corrected chi connectivity index (χ4v) is 6.03. The van der Waals surface area contributed by atoms with Crippen LogP contribution in [0, 0.1) is 5.82 Å². The largest absolute Gasteiger partial charge is 0.491 e. The van der Waals surface area contributed by atoms with E-state index in [1.165, 1.54) is 18.9 Å². The Balaban J connectivity index is 1.16. The summed E-state index contributed by atoms with van der Waals surface area (Å²) in [7, 11) is 4.02. The molecule has 0 unspecified atom stereocenters. The zero-order chi connectivity index (χ0) is 31.5. The lowest BCUT2D eigenvalue weighted by molar-refractivity contribution is 0.237. The van der Waals surface area contributed by atoms with Gasteiger partial charge in [0.2, 0.25) is 0 Å². The highest BCUT2D eigenvalue weighted by molar-refractivity contribution is 6.16. The average Bonchev–Trinajstić information content (AvgIpc) is 3.74. The summed E-state index contributed by atoms with van der Waals surface area (Å²) in [6, 6.07) is 14.9. The molecular formula is C35H38FN9O. The van der Waals surface area contributed by atoms with Crippen molar-refractivity contribution in [3.05, 3.63) is 84.3 Å². The van der Waals surface area contributed by atoms with Gasteiger partial charge in [-0.05, 0) is 82.0 Å². The van der Waals surface area contributed by atoms with Gasteiger partial charge in [-0.15, -0.1) is 0 Å². The molecule has 2 aliphatic rings. The molecule has 236 valence electrons. The van der Waals surface area contributed by atoms with Gasteiger partial charge in [0, 0.05) is 48.2 Å². The Bertz CT molecular complexity index is 1880. The fourth-order valence-electron chi connectivity index (χ4n) is 6.03. The van der Waals surface area contributed by atoms with Crippen LogP contribution in [0.3, 0.4) is 0 Å². The predicted octanol–water partition coefficient (Wildman–Crippen LogP) is 5.49. The van der Waals surface area contributed by atoms with Crippen LogP contribution < -0.4 is 15.4 Å². The number of hydrogen-bond acceptors (Lipinski definition) is 9. The lowest BCUT2D eigenvalue weighted by Gasteiger charge is -2.18. The standard InChI is InChI=1S/C35H38FN9O/c1-44(2)11-8-38-26-15-23(14-25(36)17-26)28-6-5-7-30-33(28)43-35(42-30)34-29-18-31(39-21-32(29)40-22-41-34)24-16-27(20-37-19-24)46-13-12-45-9-3-4-10-45/h5-7,14-21,38,40H,3-4,8-13,22H2,1-2H3,(H,42,43). The van der Waals surface area contributed by atoms with E-state index in [1.807, 2.05) is 56.7 Å². The first-order valence-corrected chi connectivity index (χ1v) is 15.8. The molecule has 0 amide bonds. The normalized spacial score (nSPS) is 14.7. The molecule has 1 saturated heterocycles. The number of aromatic amines is 1. The maximum atomic E-state index is 14.8. The molecule has 1 fully saturated rings. The third-order valence-electron chi connectivity index (χ3n) is 8.38. The lowest BCUT2D eigenvalue weighted by atomic mass is 10.0. The summed E-state index contributed by atoms with van der Waals surface area (Å²) in [5.74, 6) is 1.06. The third-order valence-corrected chi connectivity index (χ3v) is 8.38. The van der Waals surface area contributed by atoms with E-state index in [0.717, 1.165) is 88.0 Å². The summed E-state index contributed by atoms with van der Waals surface area (Å²) in [6.07, 6.45) is 7.89. The molecule has 3 N–H and O–H groups in total. The number of halogens is 1. The highest BCUT2D eigenvalue weighted by Gasteiger charge is 2.22. The maximum absolute atomic E-state index is 14.8. The number of imidazole rings is 1. The molecule has 0 bridgehead atoms. The Kier molecular flexibility index (Phi) is 8.58. The molecule has 2 aliphatic heterocycles. The van der Waals surface area contributed by atoms with Gasteiger partial charge in [-0.3, -0.25) is 19.9 Å². The molecule has 46 heavy (non-hydrogen) atoms. The number of likely N-dealkylation sites (tertiary alicyclic amines) is 1. The number of aliphatic imine (C=N–C) groups is 1. The molecule has 0 radical (unpaired) electrons. The summed E-state index contributed by atoms with van der Waals surface area (Å²) in [4.78, 5) is 27.0. The van der Waals surface area contributed by atoms with Gasteiger partial charge in [0.1, 0.15) is 30.6 Å². The molecule has 2 aromatic carbocycles. The van der Waals surface area contributed by atoms with Crippen LogP contribution in [-0.4, -0.2) is 95.5 Å². The van der Waals surface area contributed by atoms with Crippen molar-refractivity contribution in [3.63, 3.8) is 0 Å². The van der Waals surface area contributed by atoms with Crippen molar-refractivity contribution in [3.8, 4) is 28.1 Å². The molecule has 7 rings (SSSR count). The quantitative estimate of drug-likeness (QED) is 0.178. The minimum atomic E-state index is -0.301. The molecule has 11 heteroatoms. The Morgan fingerprint density at radius 3 is 2.76 bits per heavy atom. The monoisotopic (exact) mass is 619 g/mol. The fraction of sp³-hybridized carbons (Fsp3) is 0.314. The van der Waals surface area contributed by atoms with E-state index in [2.05, 4.69) is 30.4 Å². The van der Waals surface area contributed by atoms with Crippen LogP contribution in [0.25, 0.3) is 33.4 Å². The van der Waals surface area contributed by atoms with E-state index in [1.54, 1.807) is 18.5 Å². The minimum absolute atomic E-state index is 0.301. The molecule has 0 spiro atoms. The molecule has 5 heterocycles. The van der Waals surface area contributed by atoms with Gasteiger partial charge < -0.3 is 25.3 Å². The van der Waals surface area contributed by atoms with Crippen molar-refractivity contribution in [2.24, 2.45) is 4.99 Å². The van der Waals surface area contributed by atoms with Gasteiger partial charge in [-0.25, -0.2) is 9.37 Å². The van der Waals surface area contributed by atoms with Crippen molar-refractivity contribution in [1.29, 1.82) is 0 Å². The molecule has 10 nitrogen and oxygen atoms in total. The summed E-state index contributed by atoms with van der Waals surface area (Å²) in [5.41, 5.74) is 8.04. The van der Waals surface area contributed by atoms with Gasteiger partial charge >= 0.3 is 0 Å². The van der Waals surface area contributed by atoms with Crippen molar-refractivity contribution in [2.75, 3.05) is 70.7 Å². The smallest absolute Gasteiger partial charge is 0.157 e. The number of benzene rings is 2. The van der Waals surface area contributed by atoms with Gasteiger partial charge in [-0.1, -0.05) is 12.1 Å². The molecule has 0 atom stereocenters. The number of para-hydroxylation sites is 1. The number of pyridine rings is 2. The van der Waals surface area contributed by atoms with Crippen molar-refractivity contribution < 1.29 is 9.13 Å². The van der Waals surface area contributed by atoms with Crippen molar-refractivity contribution in [2.45, 2.75) is 12.8 Å². The van der Waals surface area contributed by atoms with E-state index in [9.17, 15) is 4.39 Å². The summed E-state index contributed by atoms with van der Waals surface area (Å²) in [5, 5.41) is 6.66. The Labute approximate surface area is 267 Å². The highest BCUT2D eigenvalue weighted by atomic mass is 19.1. The number of rotatable bonds is 11. The van der Waals surface area contributed by atoms with Gasteiger partial charge in [0.25, 0.3) is 0 Å². The van der Waals surface area contributed by atoms with Crippen molar-refractivity contribution >= 4 is 28.1 Å². The van der Waals surface area contributed by atoms with Crippen LogP contribution in [0.15, 0.2) is 72.1 Å². The lowest BCUT2D eigenvalue weighted by Crippen LogP contribution is -2.25. The number of likely N-dealkylation sites (N-methyl/N-ethyl adjacent to an activating group) is 1. The van der Waals surface area contributed by atoms with Crippen LogP contribution in [0.5, 0.6) is 5.75 Å². The van der Waals surface area contributed by atoms with Crippen LogP contribution in [0.4, 0.5) is 15.8 Å². The average molecular weight is 620 g/mol. The first-order chi connectivity index (χ1) is 22.5.